The molecule has 0 spiro atoms. The van der Waals surface area contributed by atoms with Crippen molar-refractivity contribution >= 4 is 5.97 Å². The molecule has 84 valence electrons. The minimum Gasteiger partial charge on any atom is -0.507 e. The third-order valence-corrected chi connectivity index (χ3v) is 2.24. The van der Waals surface area contributed by atoms with E-state index in [0.29, 0.717) is 5.56 Å². The van der Waals surface area contributed by atoms with Crippen LogP contribution in [-0.4, -0.2) is 21.7 Å². The molecule has 5 nitrogen and oxygen atoms in total. The average Bonchev–Trinajstić information content (AvgIpc) is 2.20. The van der Waals surface area contributed by atoms with Crippen LogP contribution in [0.15, 0.2) is 18.2 Å². The van der Waals surface area contributed by atoms with E-state index in [1.165, 1.54) is 19.1 Å². The second-order valence-electron chi connectivity index (χ2n) is 3.86. The highest BCUT2D eigenvalue weighted by molar-refractivity contribution is 5.78. The lowest BCUT2D eigenvalue weighted by atomic mass is 9.93. The van der Waals surface area contributed by atoms with E-state index in [0.717, 1.165) is 0 Å². The average molecular weight is 220 g/mol. The summed E-state index contributed by atoms with van der Waals surface area (Å²) in [6, 6.07) is 6.15. The van der Waals surface area contributed by atoms with Crippen molar-refractivity contribution in [3.8, 4) is 11.8 Å². The molecule has 0 amide bonds. The molecule has 4 N–H and O–H groups in total. The van der Waals surface area contributed by atoms with Crippen LogP contribution in [0.5, 0.6) is 5.75 Å². The summed E-state index contributed by atoms with van der Waals surface area (Å²) in [6.45, 7) is 1.40. The van der Waals surface area contributed by atoms with Crippen LogP contribution in [0, 0.1) is 11.3 Å². The summed E-state index contributed by atoms with van der Waals surface area (Å²) in [4.78, 5) is 10.8. The number of hydrogen-bond acceptors (Lipinski definition) is 4. The molecule has 0 aromatic heterocycles. The third-order valence-electron chi connectivity index (χ3n) is 2.24. The molecule has 0 heterocycles. The summed E-state index contributed by atoms with van der Waals surface area (Å²) < 4.78 is 0. The molecule has 0 bridgehead atoms. The molecule has 0 aliphatic carbocycles. The summed E-state index contributed by atoms with van der Waals surface area (Å²) in [5.41, 5.74) is 4.90. The number of carboxylic acids is 1. The molecule has 1 rings (SSSR count). The van der Waals surface area contributed by atoms with E-state index in [2.05, 4.69) is 0 Å². The maximum atomic E-state index is 10.8. The number of nitrogens with two attached hydrogens (primary N) is 1. The second kappa shape index (κ2) is 4.21. The lowest BCUT2D eigenvalue weighted by molar-refractivity contribution is -0.142. The van der Waals surface area contributed by atoms with Crippen LogP contribution in [0.4, 0.5) is 0 Å². The number of phenols is 1. The molecule has 5 heteroatoms. The smallest absolute Gasteiger partial charge is 0.323 e. The fourth-order valence-corrected chi connectivity index (χ4v) is 1.28. The molecule has 0 aliphatic heterocycles. The number of nitrogens with zero attached hydrogens (tertiary/aromatic N) is 1. The van der Waals surface area contributed by atoms with Gasteiger partial charge in [-0.15, -0.1) is 0 Å². The Hall–Kier alpha value is -2.06. The summed E-state index contributed by atoms with van der Waals surface area (Å²) >= 11 is 0. The van der Waals surface area contributed by atoms with Gasteiger partial charge in [-0.3, -0.25) is 4.79 Å². The van der Waals surface area contributed by atoms with E-state index >= 15 is 0 Å². The highest BCUT2D eigenvalue weighted by Crippen LogP contribution is 2.20. The molecule has 1 aromatic carbocycles. The number of phenolic OH excluding ortho intramolecular Hbond substituents is 1. The van der Waals surface area contributed by atoms with Crippen LogP contribution in [-0.2, 0) is 11.2 Å². The number of aromatic hydroxyl groups is 1. The Kier molecular flexibility index (Phi) is 3.16. The Morgan fingerprint density at radius 3 is 2.75 bits per heavy atom. The molecule has 16 heavy (non-hydrogen) atoms. The second-order valence-corrected chi connectivity index (χ2v) is 3.86. The normalized spacial score (nSPS) is 13.8. The molecule has 0 radical (unpaired) electrons. The number of hydrogen-bond donors (Lipinski definition) is 3. The van der Waals surface area contributed by atoms with Crippen molar-refractivity contribution in [3.05, 3.63) is 29.3 Å². The monoisotopic (exact) mass is 220 g/mol. The quantitative estimate of drug-likeness (QED) is 0.691. The first-order chi connectivity index (χ1) is 7.36. The Morgan fingerprint density at radius 2 is 2.25 bits per heavy atom. The summed E-state index contributed by atoms with van der Waals surface area (Å²) in [7, 11) is 0. The Balaban J connectivity index is 3.00. The number of carboxylic acid groups (broad SMARTS) is 1. The van der Waals surface area contributed by atoms with Gasteiger partial charge in [-0.1, -0.05) is 6.07 Å². The lowest BCUT2D eigenvalue weighted by Gasteiger charge is -2.19. The predicted octanol–water partition coefficient (Wildman–Crippen LogP) is 0.608. The summed E-state index contributed by atoms with van der Waals surface area (Å²) in [6.07, 6.45) is 0.0945. The lowest BCUT2D eigenvalue weighted by Crippen LogP contribution is -2.46. The van der Waals surface area contributed by atoms with Crippen LogP contribution in [0.25, 0.3) is 0 Å². The van der Waals surface area contributed by atoms with E-state index in [9.17, 15) is 9.90 Å². The van der Waals surface area contributed by atoms with E-state index in [1.54, 1.807) is 6.07 Å². The Labute approximate surface area is 92.7 Å². The van der Waals surface area contributed by atoms with Gasteiger partial charge in [0.2, 0.25) is 0 Å². The van der Waals surface area contributed by atoms with Crippen LogP contribution in [0.1, 0.15) is 18.1 Å². The van der Waals surface area contributed by atoms with Crippen molar-refractivity contribution in [3.63, 3.8) is 0 Å². The zero-order valence-corrected chi connectivity index (χ0v) is 8.77. The molecule has 0 fully saturated rings. The fourth-order valence-electron chi connectivity index (χ4n) is 1.28. The van der Waals surface area contributed by atoms with Crippen molar-refractivity contribution in [1.29, 1.82) is 5.26 Å². The standard InChI is InChI=1S/C11H12N2O3/c1-11(13,10(15)16)5-7-2-3-9(14)8(4-7)6-12/h2-4,14H,5,13H2,1H3,(H,15,16)/t11-/m0/s1. The first-order valence-corrected chi connectivity index (χ1v) is 4.61. The number of rotatable bonds is 3. The van der Waals surface area contributed by atoms with Crippen LogP contribution in [0.3, 0.4) is 0 Å². The maximum Gasteiger partial charge on any atom is 0.323 e. The van der Waals surface area contributed by atoms with Crippen molar-refractivity contribution in [1.82, 2.24) is 0 Å². The zero-order valence-electron chi connectivity index (χ0n) is 8.77. The molecule has 1 atom stereocenters. The fraction of sp³-hybridized carbons (Fsp3) is 0.273. The Bertz CT molecular complexity index is 461. The van der Waals surface area contributed by atoms with Gasteiger partial charge in [-0.2, -0.15) is 5.26 Å². The van der Waals surface area contributed by atoms with Gasteiger partial charge >= 0.3 is 5.97 Å². The molecule has 0 aliphatic rings. The number of carbonyl (C=O) groups is 1. The number of nitriles is 1. The van der Waals surface area contributed by atoms with Crippen LogP contribution < -0.4 is 5.73 Å². The van der Waals surface area contributed by atoms with Gasteiger partial charge in [-0.05, 0) is 24.6 Å². The number of aliphatic carboxylic acids is 1. The van der Waals surface area contributed by atoms with Gasteiger partial charge in [0.15, 0.2) is 0 Å². The highest BCUT2D eigenvalue weighted by atomic mass is 16.4. The molecular formula is C11H12N2O3. The van der Waals surface area contributed by atoms with E-state index in [-0.39, 0.29) is 17.7 Å². The van der Waals surface area contributed by atoms with Crippen molar-refractivity contribution < 1.29 is 15.0 Å². The molecule has 0 unspecified atom stereocenters. The topological polar surface area (TPSA) is 107 Å². The van der Waals surface area contributed by atoms with Crippen molar-refractivity contribution in [2.24, 2.45) is 5.73 Å². The first kappa shape index (κ1) is 12.0. The number of benzene rings is 1. The van der Waals surface area contributed by atoms with Gasteiger partial charge in [0.25, 0.3) is 0 Å². The largest absolute Gasteiger partial charge is 0.507 e. The van der Waals surface area contributed by atoms with E-state index < -0.39 is 11.5 Å². The van der Waals surface area contributed by atoms with E-state index in [1.807, 2.05) is 6.07 Å². The van der Waals surface area contributed by atoms with Gasteiger partial charge in [-0.25, -0.2) is 0 Å². The van der Waals surface area contributed by atoms with Gasteiger partial charge in [0.1, 0.15) is 17.4 Å². The SMILES string of the molecule is C[C@](N)(Cc1ccc(O)c(C#N)c1)C(=O)O. The zero-order chi connectivity index (χ0) is 12.3. The maximum absolute atomic E-state index is 10.8. The summed E-state index contributed by atoms with van der Waals surface area (Å²) in [5.74, 6) is -1.24. The predicted molar refractivity (Wildman–Crippen MR) is 56.8 cm³/mol. The van der Waals surface area contributed by atoms with Crippen molar-refractivity contribution in [2.75, 3.05) is 0 Å². The van der Waals surface area contributed by atoms with Gasteiger partial charge in [0, 0.05) is 6.42 Å². The summed E-state index contributed by atoms with van der Waals surface area (Å²) in [5, 5.41) is 26.8. The molecule has 0 saturated heterocycles. The Morgan fingerprint density at radius 1 is 1.62 bits per heavy atom. The highest BCUT2D eigenvalue weighted by Gasteiger charge is 2.28. The van der Waals surface area contributed by atoms with Gasteiger partial charge in [0.05, 0.1) is 5.56 Å². The minimum absolute atomic E-state index is 0.0945. The van der Waals surface area contributed by atoms with E-state index in [4.69, 9.17) is 16.1 Å². The van der Waals surface area contributed by atoms with Crippen molar-refractivity contribution in [2.45, 2.75) is 18.9 Å². The first-order valence-electron chi connectivity index (χ1n) is 4.61. The van der Waals surface area contributed by atoms with Crippen LogP contribution in [0.2, 0.25) is 0 Å². The molecular weight excluding hydrogens is 208 g/mol. The molecule has 0 saturated carbocycles. The van der Waals surface area contributed by atoms with Gasteiger partial charge < -0.3 is 15.9 Å². The third kappa shape index (κ3) is 2.49. The van der Waals surface area contributed by atoms with Crippen LogP contribution >= 0.6 is 0 Å². The molecule has 1 aromatic rings. The minimum atomic E-state index is -1.39.